The molecular formula is C20H20N4O4S. The summed E-state index contributed by atoms with van der Waals surface area (Å²) >= 11 is 0. The third-order valence-corrected chi connectivity index (χ3v) is 6.14. The van der Waals surface area contributed by atoms with Gasteiger partial charge in [-0.2, -0.15) is 4.98 Å². The minimum atomic E-state index is -3.75. The van der Waals surface area contributed by atoms with Gasteiger partial charge >= 0.3 is 0 Å². The zero-order valence-corrected chi connectivity index (χ0v) is 16.6. The lowest BCUT2D eigenvalue weighted by atomic mass is 10.1. The van der Waals surface area contributed by atoms with E-state index in [0.717, 1.165) is 17.5 Å². The minimum Gasteiger partial charge on any atom is -0.338 e. The minimum absolute atomic E-state index is 0.0551. The number of hydrogen-bond acceptors (Lipinski definition) is 6. The number of amides is 1. The number of rotatable bonds is 6. The molecule has 9 heteroatoms. The van der Waals surface area contributed by atoms with Crippen molar-refractivity contribution in [2.24, 2.45) is 0 Å². The zero-order valence-electron chi connectivity index (χ0n) is 15.8. The Morgan fingerprint density at radius 1 is 1.10 bits per heavy atom. The number of anilines is 1. The number of aryl methyl sites for hydroxylation is 1. The highest BCUT2D eigenvalue weighted by molar-refractivity contribution is 7.89. The summed E-state index contributed by atoms with van der Waals surface area (Å²) in [4.78, 5) is 17.8. The SMILES string of the molecule is Cc1ccc(-c2noc(CNS(=O)(=O)c3ccc(N4CCCC4=O)cc3)n2)cc1. The van der Waals surface area contributed by atoms with E-state index in [1.54, 1.807) is 17.0 Å². The van der Waals surface area contributed by atoms with Gasteiger partial charge in [-0.05, 0) is 37.6 Å². The van der Waals surface area contributed by atoms with Gasteiger partial charge in [-0.25, -0.2) is 13.1 Å². The third kappa shape index (κ3) is 4.20. The molecule has 1 fully saturated rings. The van der Waals surface area contributed by atoms with Crippen molar-refractivity contribution in [2.75, 3.05) is 11.4 Å². The molecule has 0 bridgehead atoms. The molecule has 0 unspecified atom stereocenters. The number of aromatic nitrogens is 2. The number of nitrogens with zero attached hydrogens (tertiary/aromatic N) is 3. The zero-order chi connectivity index (χ0) is 20.4. The van der Waals surface area contributed by atoms with Crippen LogP contribution in [0, 0.1) is 6.92 Å². The summed E-state index contributed by atoms with van der Waals surface area (Å²) in [7, 11) is -3.75. The molecule has 0 spiro atoms. The Morgan fingerprint density at radius 2 is 1.83 bits per heavy atom. The molecule has 8 nitrogen and oxygen atoms in total. The summed E-state index contributed by atoms with van der Waals surface area (Å²) < 4.78 is 32.7. The Labute approximate surface area is 168 Å². The molecule has 2 heterocycles. The van der Waals surface area contributed by atoms with E-state index in [2.05, 4.69) is 14.9 Å². The van der Waals surface area contributed by atoms with Gasteiger partial charge in [0.05, 0.1) is 11.4 Å². The molecule has 0 aliphatic carbocycles. The summed E-state index contributed by atoms with van der Waals surface area (Å²) in [5.41, 5.74) is 2.61. The second kappa shape index (κ2) is 7.76. The van der Waals surface area contributed by atoms with E-state index < -0.39 is 10.0 Å². The van der Waals surface area contributed by atoms with Crippen LogP contribution in [0.15, 0.2) is 57.9 Å². The quantitative estimate of drug-likeness (QED) is 0.667. The highest BCUT2D eigenvalue weighted by Crippen LogP contribution is 2.23. The van der Waals surface area contributed by atoms with Crippen LogP contribution in [-0.2, 0) is 21.4 Å². The molecule has 1 aromatic heterocycles. The lowest BCUT2D eigenvalue weighted by Gasteiger charge is -2.15. The Balaban J connectivity index is 1.42. The van der Waals surface area contributed by atoms with Gasteiger partial charge in [0.25, 0.3) is 0 Å². The molecule has 150 valence electrons. The van der Waals surface area contributed by atoms with Gasteiger partial charge in [0, 0.05) is 24.2 Å². The number of hydrogen-bond donors (Lipinski definition) is 1. The summed E-state index contributed by atoms with van der Waals surface area (Å²) in [6.45, 7) is 2.52. The number of nitrogens with one attached hydrogen (secondary N) is 1. The van der Waals surface area contributed by atoms with Crippen molar-refractivity contribution >= 4 is 21.6 Å². The molecule has 1 aliphatic heterocycles. The van der Waals surface area contributed by atoms with Crippen molar-refractivity contribution in [1.29, 1.82) is 0 Å². The highest BCUT2D eigenvalue weighted by Gasteiger charge is 2.22. The van der Waals surface area contributed by atoms with Crippen molar-refractivity contribution in [2.45, 2.75) is 31.2 Å². The summed E-state index contributed by atoms with van der Waals surface area (Å²) in [5, 5.41) is 3.89. The molecule has 1 aliphatic rings. The largest absolute Gasteiger partial charge is 0.338 e. The fourth-order valence-corrected chi connectivity index (χ4v) is 4.09. The molecule has 1 amide bonds. The fourth-order valence-electron chi connectivity index (χ4n) is 3.11. The maximum atomic E-state index is 12.5. The van der Waals surface area contributed by atoms with Gasteiger partial charge in [-0.3, -0.25) is 4.79 Å². The van der Waals surface area contributed by atoms with Crippen LogP contribution in [0.5, 0.6) is 0 Å². The lowest BCUT2D eigenvalue weighted by Crippen LogP contribution is -2.25. The number of sulfonamides is 1. The monoisotopic (exact) mass is 412 g/mol. The van der Waals surface area contributed by atoms with Gasteiger partial charge in [-0.1, -0.05) is 35.0 Å². The van der Waals surface area contributed by atoms with E-state index in [1.165, 1.54) is 12.1 Å². The van der Waals surface area contributed by atoms with Crippen LogP contribution < -0.4 is 9.62 Å². The van der Waals surface area contributed by atoms with Crippen LogP contribution >= 0.6 is 0 Å². The van der Waals surface area contributed by atoms with Crippen molar-refractivity contribution in [3.8, 4) is 11.4 Å². The van der Waals surface area contributed by atoms with E-state index >= 15 is 0 Å². The van der Waals surface area contributed by atoms with Gasteiger partial charge < -0.3 is 9.42 Å². The maximum absolute atomic E-state index is 12.5. The van der Waals surface area contributed by atoms with Crippen LogP contribution in [0.25, 0.3) is 11.4 Å². The van der Waals surface area contributed by atoms with E-state index in [-0.39, 0.29) is 23.2 Å². The van der Waals surface area contributed by atoms with Crippen LogP contribution in [0.3, 0.4) is 0 Å². The van der Waals surface area contributed by atoms with Crippen molar-refractivity contribution in [3.63, 3.8) is 0 Å². The Bertz CT molecular complexity index is 1120. The van der Waals surface area contributed by atoms with Crippen molar-refractivity contribution in [3.05, 3.63) is 60.0 Å². The summed E-state index contributed by atoms with van der Waals surface area (Å²) in [5.74, 6) is 0.627. The molecule has 2 aromatic carbocycles. The normalized spacial score (nSPS) is 14.5. The topological polar surface area (TPSA) is 105 Å². The first-order valence-corrected chi connectivity index (χ1v) is 10.7. The lowest BCUT2D eigenvalue weighted by molar-refractivity contribution is -0.117. The van der Waals surface area contributed by atoms with Gasteiger partial charge in [-0.15, -0.1) is 0 Å². The first-order valence-electron chi connectivity index (χ1n) is 9.22. The van der Waals surface area contributed by atoms with Crippen LogP contribution in [0.2, 0.25) is 0 Å². The molecule has 1 saturated heterocycles. The van der Waals surface area contributed by atoms with Crippen molar-refractivity contribution < 1.29 is 17.7 Å². The Morgan fingerprint density at radius 3 is 2.48 bits per heavy atom. The third-order valence-electron chi connectivity index (χ3n) is 4.72. The Hall–Kier alpha value is -3.04. The predicted molar refractivity (Wildman–Crippen MR) is 107 cm³/mol. The van der Waals surface area contributed by atoms with E-state index in [9.17, 15) is 13.2 Å². The van der Waals surface area contributed by atoms with E-state index in [4.69, 9.17) is 4.52 Å². The molecule has 1 N–H and O–H groups in total. The first kappa shape index (κ1) is 19.3. The van der Waals surface area contributed by atoms with Gasteiger partial charge in [0.2, 0.25) is 27.6 Å². The molecule has 0 atom stereocenters. The van der Waals surface area contributed by atoms with E-state index in [1.807, 2.05) is 31.2 Å². The summed E-state index contributed by atoms with van der Waals surface area (Å²) in [6.07, 6.45) is 1.34. The second-order valence-corrected chi connectivity index (χ2v) is 8.61. The molecular weight excluding hydrogens is 392 g/mol. The first-order chi connectivity index (χ1) is 13.9. The second-order valence-electron chi connectivity index (χ2n) is 6.85. The molecule has 0 radical (unpaired) electrons. The fraction of sp³-hybridized carbons (Fsp3) is 0.250. The summed E-state index contributed by atoms with van der Waals surface area (Å²) in [6, 6.07) is 13.9. The predicted octanol–water partition coefficient (Wildman–Crippen LogP) is 2.65. The molecule has 29 heavy (non-hydrogen) atoms. The van der Waals surface area contributed by atoms with Crippen LogP contribution in [0.4, 0.5) is 5.69 Å². The van der Waals surface area contributed by atoms with Crippen LogP contribution in [-0.4, -0.2) is 31.0 Å². The average Bonchev–Trinajstić information content (AvgIpc) is 3.36. The maximum Gasteiger partial charge on any atom is 0.242 e. The van der Waals surface area contributed by atoms with E-state index in [0.29, 0.717) is 24.5 Å². The molecule has 3 aromatic rings. The number of carbonyl (C=O) groups is 1. The van der Waals surface area contributed by atoms with Gasteiger partial charge in [0.15, 0.2) is 0 Å². The standard InChI is InChI=1S/C20H20N4O4S/c1-14-4-6-15(7-5-14)20-22-18(28-23-20)13-21-29(26,27)17-10-8-16(9-11-17)24-12-2-3-19(24)25/h4-11,21H,2-3,12-13H2,1H3. The molecule has 4 rings (SSSR count). The smallest absolute Gasteiger partial charge is 0.242 e. The number of benzene rings is 2. The van der Waals surface area contributed by atoms with Gasteiger partial charge in [0.1, 0.15) is 0 Å². The molecule has 0 saturated carbocycles. The highest BCUT2D eigenvalue weighted by atomic mass is 32.2. The van der Waals surface area contributed by atoms with Crippen LogP contribution in [0.1, 0.15) is 24.3 Å². The Kier molecular flexibility index (Phi) is 5.16. The van der Waals surface area contributed by atoms with Crippen molar-refractivity contribution in [1.82, 2.24) is 14.9 Å². The number of carbonyl (C=O) groups excluding carboxylic acids is 1. The average molecular weight is 412 g/mol.